The fourth-order valence-electron chi connectivity index (χ4n) is 1.62. The molecule has 0 aliphatic rings. The molecule has 0 bridgehead atoms. The molecule has 1 rings (SSSR count). The van der Waals surface area contributed by atoms with Gasteiger partial charge < -0.3 is 5.32 Å². The Kier molecular flexibility index (Phi) is 6.24. The van der Waals surface area contributed by atoms with E-state index in [4.69, 9.17) is 11.6 Å². The van der Waals surface area contributed by atoms with E-state index in [-0.39, 0.29) is 0 Å². The number of pyridine rings is 1. The fraction of sp³-hybridized carbons (Fsp3) is 0.615. The molecule has 2 nitrogen and oxygen atoms in total. The minimum absolute atomic E-state index is 0.591. The SMILES string of the molecule is CCCCCCCNc1cnc(Cl)c(C)c1. The number of nitrogens with zero attached hydrogens (tertiary/aromatic N) is 1. The third kappa shape index (κ3) is 4.84. The topological polar surface area (TPSA) is 24.9 Å². The highest BCUT2D eigenvalue weighted by Gasteiger charge is 1.98. The molecule has 3 heteroatoms. The lowest BCUT2D eigenvalue weighted by atomic mass is 10.1. The summed E-state index contributed by atoms with van der Waals surface area (Å²) < 4.78 is 0. The maximum absolute atomic E-state index is 5.86. The molecule has 90 valence electrons. The van der Waals surface area contributed by atoms with E-state index in [1.54, 1.807) is 6.20 Å². The van der Waals surface area contributed by atoms with Gasteiger partial charge in [-0.3, -0.25) is 0 Å². The van der Waals surface area contributed by atoms with Crippen molar-refractivity contribution in [3.63, 3.8) is 0 Å². The standard InChI is InChI=1S/C13H21ClN2/c1-3-4-5-6-7-8-15-12-9-11(2)13(14)16-10-12/h9-10,15H,3-8H2,1-2H3. The molecule has 0 aliphatic carbocycles. The summed E-state index contributed by atoms with van der Waals surface area (Å²) in [6, 6.07) is 2.04. The first kappa shape index (κ1) is 13.3. The Morgan fingerprint density at radius 1 is 1.25 bits per heavy atom. The van der Waals surface area contributed by atoms with Gasteiger partial charge in [0, 0.05) is 6.54 Å². The molecule has 0 saturated carbocycles. The minimum Gasteiger partial charge on any atom is -0.384 e. The zero-order chi connectivity index (χ0) is 11.8. The van der Waals surface area contributed by atoms with Gasteiger partial charge in [0.25, 0.3) is 0 Å². The molecular formula is C13H21ClN2. The summed E-state index contributed by atoms with van der Waals surface area (Å²) in [5.41, 5.74) is 2.09. The van der Waals surface area contributed by atoms with Crippen molar-refractivity contribution >= 4 is 17.3 Å². The van der Waals surface area contributed by atoms with Crippen LogP contribution in [0.25, 0.3) is 0 Å². The lowest BCUT2D eigenvalue weighted by Gasteiger charge is -2.07. The Hall–Kier alpha value is -0.760. The summed E-state index contributed by atoms with van der Waals surface area (Å²) >= 11 is 5.86. The smallest absolute Gasteiger partial charge is 0.132 e. The van der Waals surface area contributed by atoms with Crippen LogP contribution in [0.3, 0.4) is 0 Å². The van der Waals surface area contributed by atoms with E-state index in [1.165, 1.54) is 32.1 Å². The number of rotatable bonds is 7. The summed E-state index contributed by atoms with van der Waals surface area (Å²) in [6.45, 7) is 5.23. The van der Waals surface area contributed by atoms with E-state index in [0.717, 1.165) is 17.8 Å². The van der Waals surface area contributed by atoms with Crippen LogP contribution >= 0.6 is 11.6 Å². The van der Waals surface area contributed by atoms with Gasteiger partial charge in [0.05, 0.1) is 11.9 Å². The van der Waals surface area contributed by atoms with Crippen molar-refractivity contribution in [2.45, 2.75) is 46.0 Å². The Morgan fingerprint density at radius 3 is 2.69 bits per heavy atom. The summed E-state index contributed by atoms with van der Waals surface area (Å²) in [6.07, 6.45) is 8.31. The Labute approximate surface area is 103 Å². The molecule has 1 aromatic rings. The zero-order valence-electron chi connectivity index (χ0n) is 10.2. The van der Waals surface area contributed by atoms with Crippen LogP contribution in [0.1, 0.15) is 44.6 Å². The van der Waals surface area contributed by atoms with E-state index >= 15 is 0 Å². The van der Waals surface area contributed by atoms with Crippen molar-refractivity contribution in [3.8, 4) is 0 Å². The second kappa shape index (κ2) is 7.50. The Bertz CT molecular complexity index is 313. The first-order valence-electron chi connectivity index (χ1n) is 6.10. The number of halogens is 1. The van der Waals surface area contributed by atoms with Crippen LogP contribution in [0.5, 0.6) is 0 Å². The van der Waals surface area contributed by atoms with Crippen molar-refractivity contribution in [2.75, 3.05) is 11.9 Å². The van der Waals surface area contributed by atoms with E-state index < -0.39 is 0 Å². The fourth-order valence-corrected chi connectivity index (χ4v) is 1.72. The lowest BCUT2D eigenvalue weighted by Crippen LogP contribution is -2.02. The van der Waals surface area contributed by atoms with Gasteiger partial charge >= 0.3 is 0 Å². The van der Waals surface area contributed by atoms with Crippen molar-refractivity contribution in [1.29, 1.82) is 0 Å². The van der Waals surface area contributed by atoms with Gasteiger partial charge in [0.2, 0.25) is 0 Å². The molecule has 0 radical (unpaired) electrons. The van der Waals surface area contributed by atoms with Crippen LogP contribution in [0.4, 0.5) is 5.69 Å². The van der Waals surface area contributed by atoms with Gasteiger partial charge in [-0.05, 0) is 25.0 Å². The van der Waals surface area contributed by atoms with Crippen LogP contribution in [0, 0.1) is 6.92 Å². The van der Waals surface area contributed by atoms with Crippen molar-refractivity contribution in [2.24, 2.45) is 0 Å². The summed E-state index contributed by atoms with van der Waals surface area (Å²) in [5.74, 6) is 0. The highest BCUT2D eigenvalue weighted by Crippen LogP contribution is 2.16. The molecule has 1 heterocycles. The van der Waals surface area contributed by atoms with Gasteiger partial charge in [-0.1, -0.05) is 44.2 Å². The quantitative estimate of drug-likeness (QED) is 0.564. The third-order valence-electron chi connectivity index (χ3n) is 2.62. The van der Waals surface area contributed by atoms with E-state index in [2.05, 4.69) is 17.2 Å². The second-order valence-electron chi connectivity index (χ2n) is 4.17. The summed E-state index contributed by atoms with van der Waals surface area (Å²) in [5, 5.41) is 3.96. The molecule has 0 amide bonds. The monoisotopic (exact) mass is 240 g/mol. The molecule has 0 saturated heterocycles. The molecule has 16 heavy (non-hydrogen) atoms. The molecule has 0 atom stereocenters. The summed E-state index contributed by atoms with van der Waals surface area (Å²) in [4.78, 5) is 4.11. The van der Waals surface area contributed by atoms with Gasteiger partial charge in [0.1, 0.15) is 5.15 Å². The zero-order valence-corrected chi connectivity index (χ0v) is 11.0. The highest BCUT2D eigenvalue weighted by molar-refractivity contribution is 6.30. The molecule has 0 unspecified atom stereocenters. The molecular weight excluding hydrogens is 220 g/mol. The highest BCUT2D eigenvalue weighted by atomic mass is 35.5. The first-order chi connectivity index (χ1) is 7.74. The van der Waals surface area contributed by atoms with Crippen LogP contribution in [-0.2, 0) is 0 Å². The average Bonchev–Trinajstić information content (AvgIpc) is 2.28. The largest absolute Gasteiger partial charge is 0.384 e. The van der Waals surface area contributed by atoms with Crippen LogP contribution in [0.2, 0.25) is 5.15 Å². The normalized spacial score (nSPS) is 10.4. The van der Waals surface area contributed by atoms with E-state index in [9.17, 15) is 0 Å². The lowest BCUT2D eigenvalue weighted by molar-refractivity contribution is 0.645. The Morgan fingerprint density at radius 2 is 2.00 bits per heavy atom. The molecule has 0 fully saturated rings. The number of anilines is 1. The van der Waals surface area contributed by atoms with Crippen LogP contribution < -0.4 is 5.32 Å². The maximum Gasteiger partial charge on any atom is 0.132 e. The predicted octanol–water partition coefficient (Wildman–Crippen LogP) is 4.43. The molecule has 1 N–H and O–H groups in total. The van der Waals surface area contributed by atoms with E-state index in [0.29, 0.717) is 5.15 Å². The number of nitrogens with one attached hydrogen (secondary N) is 1. The van der Waals surface area contributed by atoms with Crippen molar-refractivity contribution < 1.29 is 0 Å². The van der Waals surface area contributed by atoms with Crippen LogP contribution in [-0.4, -0.2) is 11.5 Å². The molecule has 0 spiro atoms. The van der Waals surface area contributed by atoms with E-state index in [1.807, 2.05) is 13.0 Å². The molecule has 1 aromatic heterocycles. The van der Waals surface area contributed by atoms with Gasteiger partial charge in [0.15, 0.2) is 0 Å². The number of aromatic nitrogens is 1. The number of hydrogen-bond acceptors (Lipinski definition) is 2. The number of unbranched alkanes of at least 4 members (excludes halogenated alkanes) is 4. The van der Waals surface area contributed by atoms with Crippen molar-refractivity contribution in [1.82, 2.24) is 4.98 Å². The first-order valence-corrected chi connectivity index (χ1v) is 6.48. The molecule has 0 aliphatic heterocycles. The van der Waals surface area contributed by atoms with Gasteiger partial charge in [-0.2, -0.15) is 0 Å². The third-order valence-corrected chi connectivity index (χ3v) is 3.02. The van der Waals surface area contributed by atoms with Gasteiger partial charge in [-0.15, -0.1) is 0 Å². The van der Waals surface area contributed by atoms with Crippen LogP contribution in [0.15, 0.2) is 12.3 Å². The maximum atomic E-state index is 5.86. The summed E-state index contributed by atoms with van der Waals surface area (Å²) in [7, 11) is 0. The Balaban J connectivity index is 2.19. The molecule has 0 aromatic carbocycles. The van der Waals surface area contributed by atoms with Crippen molar-refractivity contribution in [3.05, 3.63) is 23.0 Å². The predicted molar refractivity (Wildman–Crippen MR) is 71.2 cm³/mol. The minimum atomic E-state index is 0.591. The van der Waals surface area contributed by atoms with Gasteiger partial charge in [-0.25, -0.2) is 4.98 Å². The number of hydrogen-bond donors (Lipinski definition) is 1. The number of aryl methyl sites for hydroxylation is 1. The average molecular weight is 241 g/mol. The second-order valence-corrected chi connectivity index (χ2v) is 4.53.